The molecule has 3 aromatic rings. The number of fused-ring (bicyclic) bond motifs is 2. The van der Waals surface area contributed by atoms with Crippen LogP contribution in [0.15, 0.2) is 75.5 Å². The quantitative estimate of drug-likeness (QED) is 0.259. The molecule has 1 aliphatic heterocycles. The van der Waals surface area contributed by atoms with Crippen molar-refractivity contribution in [2.75, 3.05) is 11.9 Å². The Labute approximate surface area is 178 Å². The van der Waals surface area contributed by atoms with E-state index in [1.54, 1.807) is 0 Å². The summed E-state index contributed by atoms with van der Waals surface area (Å²) in [4.78, 5) is 2.30. The van der Waals surface area contributed by atoms with Gasteiger partial charge in [0, 0.05) is 0 Å². The van der Waals surface area contributed by atoms with Gasteiger partial charge in [-0.3, -0.25) is 0 Å². The summed E-state index contributed by atoms with van der Waals surface area (Å²) < 4.78 is 8.09. The maximum absolute atomic E-state index is 6.46. The van der Waals surface area contributed by atoms with Crippen LogP contribution < -0.4 is 13.1 Å². The second-order valence-corrected chi connectivity index (χ2v) is 12.5. The number of allylic oxidation sites excluding steroid dienone is 4. The SMILES string of the molecule is CN1C(=CC=C(Cl)C=Cc2[te]c3ccccc3[n+]2C)[Te]c2ccccc21. The molecular weight excluding hydrogens is 571 g/mol. The number of para-hydroxylation sites is 2. The van der Waals surface area contributed by atoms with Crippen molar-refractivity contribution in [3.05, 3.63) is 79.2 Å². The first kappa shape index (κ1) is 18.4. The van der Waals surface area contributed by atoms with Crippen LogP contribution in [0.4, 0.5) is 5.69 Å². The van der Waals surface area contributed by atoms with Crippen molar-refractivity contribution in [2.45, 2.75) is 0 Å². The monoisotopic (exact) mass is 593 g/mol. The van der Waals surface area contributed by atoms with E-state index < -0.39 is 0 Å². The van der Waals surface area contributed by atoms with Gasteiger partial charge in [0.15, 0.2) is 0 Å². The van der Waals surface area contributed by atoms with Crippen LogP contribution >= 0.6 is 11.6 Å². The third kappa shape index (κ3) is 3.68. The van der Waals surface area contributed by atoms with Crippen molar-refractivity contribution in [1.82, 2.24) is 0 Å². The topological polar surface area (TPSA) is 7.12 Å². The Kier molecular flexibility index (Phi) is 5.61. The van der Waals surface area contributed by atoms with Crippen molar-refractivity contribution < 1.29 is 4.57 Å². The fourth-order valence-electron chi connectivity index (χ4n) is 2.89. The fourth-order valence-corrected chi connectivity index (χ4v) is 9.03. The summed E-state index contributed by atoms with van der Waals surface area (Å²) in [5, 5.41) is 0.777. The third-order valence-electron chi connectivity index (χ3n) is 4.31. The normalized spacial score (nSPS) is 16.2. The number of aromatic nitrogens is 1. The first-order valence-corrected chi connectivity index (χ1v) is 13.3. The van der Waals surface area contributed by atoms with Crippen LogP contribution in [0.2, 0.25) is 0 Å². The molecule has 26 heavy (non-hydrogen) atoms. The number of aryl methyl sites for hydroxylation is 1. The van der Waals surface area contributed by atoms with Gasteiger partial charge in [-0.1, -0.05) is 0 Å². The van der Waals surface area contributed by atoms with Crippen LogP contribution in [0, 0.1) is 0 Å². The Morgan fingerprint density at radius 3 is 2.69 bits per heavy atom. The van der Waals surface area contributed by atoms with Gasteiger partial charge in [0.2, 0.25) is 0 Å². The number of anilines is 1. The second-order valence-electron chi connectivity index (χ2n) is 5.99. The molecule has 0 atom stereocenters. The second kappa shape index (κ2) is 7.93. The predicted molar refractivity (Wildman–Crippen MR) is 113 cm³/mol. The van der Waals surface area contributed by atoms with E-state index in [0.717, 1.165) is 5.03 Å². The van der Waals surface area contributed by atoms with Crippen molar-refractivity contribution in [3.63, 3.8) is 0 Å². The van der Waals surface area contributed by atoms with Crippen molar-refractivity contribution >= 4 is 77.2 Å². The molecule has 2 heterocycles. The maximum atomic E-state index is 6.46. The van der Waals surface area contributed by atoms with Crippen LogP contribution in [0.3, 0.4) is 0 Å². The average molecular weight is 589 g/mol. The molecule has 0 amide bonds. The molecular formula is C21H18ClN2Te2+. The Hall–Kier alpha value is -1.00. The Bertz CT molecular complexity index is 1060. The molecule has 0 N–H and O–H groups in total. The summed E-state index contributed by atoms with van der Waals surface area (Å²) in [7, 11) is 4.29. The molecule has 0 saturated carbocycles. The van der Waals surface area contributed by atoms with Crippen LogP contribution in [0.1, 0.15) is 3.71 Å². The average Bonchev–Trinajstić information content (AvgIpc) is 3.16. The van der Waals surface area contributed by atoms with Gasteiger partial charge < -0.3 is 0 Å². The summed E-state index contributed by atoms with van der Waals surface area (Å²) in [6.45, 7) is 0. The zero-order valence-electron chi connectivity index (χ0n) is 14.5. The van der Waals surface area contributed by atoms with E-state index in [1.165, 1.54) is 25.7 Å². The van der Waals surface area contributed by atoms with Crippen LogP contribution in [-0.2, 0) is 7.05 Å². The fraction of sp³-hybridized carbons (Fsp3) is 0.0952. The summed E-state index contributed by atoms with van der Waals surface area (Å²) in [5.41, 5.74) is 2.68. The van der Waals surface area contributed by atoms with Gasteiger partial charge in [-0.05, 0) is 0 Å². The number of hydrogen-bond acceptors (Lipinski definition) is 1. The molecule has 1 aliphatic rings. The van der Waals surface area contributed by atoms with E-state index in [-0.39, 0.29) is 41.4 Å². The van der Waals surface area contributed by atoms with E-state index in [2.05, 4.69) is 84.2 Å². The van der Waals surface area contributed by atoms with Crippen molar-refractivity contribution in [1.29, 1.82) is 0 Å². The number of halogens is 1. The number of nitrogens with zero attached hydrogens (tertiary/aromatic N) is 2. The van der Waals surface area contributed by atoms with E-state index in [1.807, 2.05) is 12.2 Å². The minimum absolute atomic E-state index is 0.317. The Morgan fingerprint density at radius 1 is 1.12 bits per heavy atom. The van der Waals surface area contributed by atoms with Crippen molar-refractivity contribution in [2.24, 2.45) is 7.05 Å². The summed E-state index contributed by atoms with van der Waals surface area (Å²) in [6.07, 6.45) is 8.43. The van der Waals surface area contributed by atoms with E-state index >= 15 is 0 Å². The number of rotatable bonds is 3. The van der Waals surface area contributed by atoms with Gasteiger partial charge in [-0.15, -0.1) is 0 Å². The molecule has 0 spiro atoms. The Morgan fingerprint density at radius 2 is 1.88 bits per heavy atom. The van der Waals surface area contributed by atoms with E-state index in [9.17, 15) is 0 Å². The molecule has 2 aromatic carbocycles. The molecule has 0 bridgehead atoms. The standard InChI is InChI=1S/C21H18ClN2Te2/c1-23-16-7-3-5-9-18(16)25-20(23)13-11-15(22)12-14-21-24(2)17-8-4-6-10-19(17)26-21/h3-14H,1-2H3/q+1. The molecule has 0 saturated heterocycles. The van der Waals surface area contributed by atoms with Crippen LogP contribution in [0.25, 0.3) is 15.0 Å². The van der Waals surface area contributed by atoms with E-state index in [4.69, 9.17) is 11.6 Å². The van der Waals surface area contributed by atoms with Crippen molar-refractivity contribution in [3.8, 4) is 0 Å². The zero-order valence-corrected chi connectivity index (χ0v) is 19.9. The first-order chi connectivity index (χ1) is 12.6. The minimum atomic E-state index is -0.317. The van der Waals surface area contributed by atoms with Crippen LogP contribution in [-0.4, -0.2) is 48.4 Å². The molecule has 0 aliphatic carbocycles. The third-order valence-corrected chi connectivity index (χ3v) is 11.3. The summed E-state index contributed by atoms with van der Waals surface area (Å²) >= 11 is 5.83. The number of benzene rings is 2. The van der Waals surface area contributed by atoms with E-state index in [0.29, 0.717) is 0 Å². The Balaban J connectivity index is 1.54. The number of hydrogen-bond donors (Lipinski definition) is 0. The molecule has 4 rings (SSSR count). The first-order valence-electron chi connectivity index (χ1n) is 8.27. The molecule has 5 heteroatoms. The summed E-state index contributed by atoms with van der Waals surface area (Å²) in [6, 6.07) is 17.3. The molecule has 0 unspecified atom stereocenters. The molecule has 0 radical (unpaired) electrons. The van der Waals surface area contributed by atoms with Gasteiger partial charge in [-0.2, -0.15) is 0 Å². The van der Waals surface area contributed by atoms with Gasteiger partial charge in [0.25, 0.3) is 0 Å². The molecule has 130 valence electrons. The molecule has 0 fully saturated rings. The van der Waals surface area contributed by atoms with Gasteiger partial charge in [0.1, 0.15) is 0 Å². The van der Waals surface area contributed by atoms with Crippen LogP contribution in [0.5, 0.6) is 0 Å². The zero-order chi connectivity index (χ0) is 18.1. The molecule has 1 aromatic heterocycles. The summed E-state index contributed by atoms with van der Waals surface area (Å²) in [5.74, 6) is 0. The molecule has 2 nitrogen and oxygen atoms in total. The van der Waals surface area contributed by atoms with Gasteiger partial charge >= 0.3 is 180 Å². The van der Waals surface area contributed by atoms with Gasteiger partial charge in [0.05, 0.1) is 0 Å². The van der Waals surface area contributed by atoms with Gasteiger partial charge in [-0.25, -0.2) is 0 Å². The predicted octanol–water partition coefficient (Wildman–Crippen LogP) is 3.18.